The summed E-state index contributed by atoms with van der Waals surface area (Å²) in [5.41, 5.74) is 0.927. The normalized spacial score (nSPS) is 10.9. The van der Waals surface area contributed by atoms with Crippen LogP contribution in [0.3, 0.4) is 0 Å². The number of esters is 2. The van der Waals surface area contributed by atoms with E-state index in [-0.39, 0.29) is 11.9 Å². The summed E-state index contributed by atoms with van der Waals surface area (Å²) in [5.74, 6) is 11.0. The summed E-state index contributed by atoms with van der Waals surface area (Å²) in [6, 6.07) is 73.1. The van der Waals surface area contributed by atoms with E-state index in [0.717, 1.165) is 55.9 Å². The third-order valence-electron chi connectivity index (χ3n) is 12.1. The molecule has 0 saturated carbocycles. The molecule has 0 saturated heterocycles. The zero-order chi connectivity index (χ0) is 50.2. The zero-order valence-electron chi connectivity index (χ0n) is 40.3. The molecule has 6 heteroatoms. The molecule has 0 spiro atoms. The van der Waals surface area contributed by atoms with E-state index >= 15 is 0 Å². The number of hydrogen-bond acceptors (Lipinski definition) is 6. The van der Waals surface area contributed by atoms with Gasteiger partial charge in [-0.15, -0.1) is 0 Å². The SMILES string of the molecule is CCCOC(=O)c1c2ccccc2cc2ccccc12.CCCOC(=O)c1c2ccccc2cc2ccccc12.OC(C#CC#CC(O)(c1ccccc1)c1ccccc1)(c1ccccc1)c1ccccc1. The van der Waals surface area contributed by atoms with Gasteiger partial charge in [-0.25, -0.2) is 9.59 Å². The highest BCUT2D eigenvalue weighted by molar-refractivity contribution is 6.17. The number of ether oxygens (including phenoxy) is 2. The summed E-state index contributed by atoms with van der Waals surface area (Å²) < 4.78 is 10.7. The summed E-state index contributed by atoms with van der Waals surface area (Å²) in [6.45, 7) is 4.90. The van der Waals surface area contributed by atoms with Crippen molar-refractivity contribution in [1.82, 2.24) is 0 Å². The minimum Gasteiger partial charge on any atom is -0.462 e. The van der Waals surface area contributed by atoms with Crippen molar-refractivity contribution < 1.29 is 29.3 Å². The van der Waals surface area contributed by atoms with Crippen molar-refractivity contribution in [3.63, 3.8) is 0 Å². The summed E-state index contributed by atoms with van der Waals surface area (Å²) >= 11 is 0. The molecule has 0 heterocycles. The Morgan fingerprint density at radius 2 is 0.611 bits per heavy atom. The number of carbonyl (C=O) groups is 2. The largest absolute Gasteiger partial charge is 0.462 e. The number of aliphatic hydroxyl groups is 2. The molecule has 0 aliphatic carbocycles. The van der Waals surface area contributed by atoms with Crippen LogP contribution < -0.4 is 0 Å². The summed E-state index contributed by atoms with van der Waals surface area (Å²) in [6.07, 6.45) is 1.66. The molecular weight excluding hydrogens is 889 g/mol. The van der Waals surface area contributed by atoms with Crippen LogP contribution in [0.15, 0.2) is 231 Å². The Labute approximate surface area is 421 Å². The molecule has 72 heavy (non-hydrogen) atoms. The smallest absolute Gasteiger partial charge is 0.339 e. The van der Waals surface area contributed by atoms with Crippen LogP contribution in [0.4, 0.5) is 0 Å². The minimum absolute atomic E-state index is 0.236. The molecule has 0 fully saturated rings. The lowest BCUT2D eigenvalue weighted by Crippen LogP contribution is -2.25. The second-order valence-corrected chi connectivity index (χ2v) is 17.0. The van der Waals surface area contributed by atoms with Crippen LogP contribution in [0.2, 0.25) is 0 Å². The molecule has 0 amide bonds. The van der Waals surface area contributed by atoms with Crippen LogP contribution in [0.25, 0.3) is 43.1 Å². The van der Waals surface area contributed by atoms with E-state index in [0.29, 0.717) is 46.6 Å². The first-order valence-corrected chi connectivity index (χ1v) is 24.1. The van der Waals surface area contributed by atoms with Crippen molar-refractivity contribution in [2.75, 3.05) is 13.2 Å². The van der Waals surface area contributed by atoms with Gasteiger partial charge >= 0.3 is 11.9 Å². The maximum atomic E-state index is 12.4. The summed E-state index contributed by atoms with van der Waals surface area (Å²) in [5, 5.41) is 31.1. The van der Waals surface area contributed by atoms with Gasteiger partial charge in [0.15, 0.2) is 11.2 Å². The van der Waals surface area contributed by atoms with Crippen molar-refractivity contribution >= 4 is 55.0 Å². The molecule has 0 aliphatic rings. The highest BCUT2D eigenvalue weighted by Gasteiger charge is 2.30. The van der Waals surface area contributed by atoms with Gasteiger partial charge in [-0.3, -0.25) is 0 Å². The average Bonchev–Trinajstić information content (AvgIpc) is 3.44. The van der Waals surface area contributed by atoms with Gasteiger partial charge in [0.2, 0.25) is 0 Å². The van der Waals surface area contributed by atoms with E-state index < -0.39 is 11.2 Å². The monoisotopic (exact) mass is 942 g/mol. The molecule has 0 atom stereocenters. The Hall–Kier alpha value is -8.78. The fourth-order valence-electron chi connectivity index (χ4n) is 8.58. The standard InChI is InChI=1S/C30H22O2.2C18H16O2/c31-29(25-15-5-1-6-16-25,26-17-7-2-8-18-26)23-13-14-24-30(32,27-19-9-3-10-20-27)28-21-11-4-12-22-28;2*1-2-11-20-18(19)17-15-9-5-3-7-13(15)12-14-8-4-6-10-16(14)17/h1-12,15-22,31-32H;2*3-10,12H,2,11H2,1H3. The molecule has 10 rings (SSSR count). The van der Waals surface area contributed by atoms with Crippen molar-refractivity contribution in [1.29, 1.82) is 0 Å². The lowest BCUT2D eigenvalue weighted by atomic mass is 9.86. The Balaban J connectivity index is 0.000000151. The van der Waals surface area contributed by atoms with E-state index in [1.165, 1.54) is 0 Å². The molecule has 2 N–H and O–H groups in total. The molecular formula is C66H54O6. The maximum Gasteiger partial charge on any atom is 0.339 e. The Morgan fingerprint density at radius 1 is 0.375 bits per heavy atom. The van der Waals surface area contributed by atoms with Crippen LogP contribution in [-0.4, -0.2) is 35.4 Å². The van der Waals surface area contributed by atoms with E-state index in [1.54, 1.807) is 0 Å². The topological polar surface area (TPSA) is 93.1 Å². The molecule has 10 aromatic carbocycles. The molecule has 10 aromatic rings. The van der Waals surface area contributed by atoms with Crippen molar-refractivity contribution in [3.05, 3.63) is 264 Å². The van der Waals surface area contributed by atoms with Gasteiger partial charge in [0.05, 0.1) is 24.3 Å². The summed E-state index contributed by atoms with van der Waals surface area (Å²) in [4.78, 5) is 24.8. The second kappa shape index (κ2) is 23.7. The van der Waals surface area contributed by atoms with Gasteiger partial charge in [-0.2, -0.15) is 0 Å². The number of carbonyl (C=O) groups excluding carboxylic acids is 2. The molecule has 0 aliphatic heterocycles. The van der Waals surface area contributed by atoms with E-state index in [4.69, 9.17) is 9.47 Å². The molecule has 0 bridgehead atoms. The highest BCUT2D eigenvalue weighted by atomic mass is 16.5. The molecule has 0 radical (unpaired) electrons. The van der Waals surface area contributed by atoms with Crippen molar-refractivity contribution in [2.45, 2.75) is 37.9 Å². The van der Waals surface area contributed by atoms with Crippen LogP contribution in [0.5, 0.6) is 0 Å². The van der Waals surface area contributed by atoms with Gasteiger partial charge in [0.25, 0.3) is 0 Å². The second-order valence-electron chi connectivity index (χ2n) is 17.0. The van der Waals surface area contributed by atoms with E-state index in [1.807, 2.05) is 232 Å². The number of rotatable bonds is 10. The van der Waals surface area contributed by atoms with Gasteiger partial charge in [0, 0.05) is 22.3 Å². The van der Waals surface area contributed by atoms with Crippen LogP contribution >= 0.6 is 0 Å². The third-order valence-corrected chi connectivity index (χ3v) is 12.1. The van der Waals surface area contributed by atoms with Gasteiger partial charge in [-0.1, -0.05) is 232 Å². The minimum atomic E-state index is -1.52. The molecule has 0 aromatic heterocycles. The quantitative estimate of drug-likeness (QED) is 0.0806. The first-order valence-electron chi connectivity index (χ1n) is 24.1. The predicted octanol–water partition coefficient (Wildman–Crippen LogP) is 14.0. The van der Waals surface area contributed by atoms with Gasteiger partial charge in [0.1, 0.15) is 0 Å². The van der Waals surface area contributed by atoms with Gasteiger partial charge in [-0.05, 0) is 91.7 Å². The number of hydrogen-bond donors (Lipinski definition) is 2. The van der Waals surface area contributed by atoms with Crippen LogP contribution in [0.1, 0.15) is 69.7 Å². The average molecular weight is 943 g/mol. The van der Waals surface area contributed by atoms with Crippen LogP contribution in [0, 0.1) is 23.7 Å². The first-order chi connectivity index (χ1) is 35.2. The van der Waals surface area contributed by atoms with Crippen molar-refractivity contribution in [3.8, 4) is 23.7 Å². The summed E-state index contributed by atoms with van der Waals surface area (Å²) in [7, 11) is 0. The number of fused-ring (bicyclic) bond motifs is 4. The number of benzene rings is 10. The van der Waals surface area contributed by atoms with E-state index in [2.05, 4.69) is 35.8 Å². The maximum absolute atomic E-state index is 12.4. The predicted molar refractivity (Wildman–Crippen MR) is 291 cm³/mol. The fourth-order valence-corrected chi connectivity index (χ4v) is 8.58. The lowest BCUT2D eigenvalue weighted by Gasteiger charge is -2.23. The van der Waals surface area contributed by atoms with Crippen LogP contribution in [-0.2, 0) is 20.7 Å². The molecule has 354 valence electrons. The third kappa shape index (κ3) is 11.3. The Morgan fingerprint density at radius 3 is 0.861 bits per heavy atom. The first kappa shape index (κ1) is 49.6. The lowest BCUT2D eigenvalue weighted by molar-refractivity contribution is 0.0500. The molecule has 0 unspecified atom stereocenters. The molecule has 6 nitrogen and oxygen atoms in total. The van der Waals surface area contributed by atoms with E-state index in [9.17, 15) is 19.8 Å². The fraction of sp³-hybridized carbons (Fsp3) is 0.121. The highest BCUT2D eigenvalue weighted by Crippen LogP contribution is 2.33. The van der Waals surface area contributed by atoms with Gasteiger partial charge < -0.3 is 19.7 Å². The Kier molecular flexibility index (Phi) is 16.3. The zero-order valence-corrected chi connectivity index (χ0v) is 40.3. The Bertz CT molecular complexity index is 3140. The van der Waals surface area contributed by atoms with Crippen molar-refractivity contribution in [2.24, 2.45) is 0 Å².